The van der Waals surface area contributed by atoms with Gasteiger partial charge in [-0.25, -0.2) is 10.2 Å². The number of aliphatic carboxylic acids is 6. The van der Waals surface area contributed by atoms with E-state index in [2.05, 4.69) is 0 Å². The van der Waals surface area contributed by atoms with Crippen molar-refractivity contribution in [3.8, 4) is 0 Å². The maximum absolute atomic E-state index is 12.4. The van der Waals surface area contributed by atoms with Gasteiger partial charge in [0.1, 0.15) is 11.1 Å². The van der Waals surface area contributed by atoms with Crippen molar-refractivity contribution in [1.29, 1.82) is 0 Å². The van der Waals surface area contributed by atoms with E-state index < -0.39 is 80.2 Å². The molecule has 29 heavy (non-hydrogen) atoms. The third-order valence-corrected chi connectivity index (χ3v) is 4.82. The Morgan fingerprint density at radius 1 is 0.586 bits per heavy atom. The number of rotatable bonds is 14. The minimum absolute atomic E-state index is 1.32. The molecule has 0 rings (SSSR count). The average Bonchev–Trinajstić information content (AvgIpc) is 2.41. The molecule has 0 aromatic rings. The maximum Gasteiger partial charge on any atom is 0.340 e. The van der Waals surface area contributed by atoms with E-state index in [1.54, 1.807) is 0 Å². The molecule has 164 valence electrons. The van der Waals surface area contributed by atoms with Gasteiger partial charge in [-0.3, -0.25) is 33.3 Å². The molecule has 0 aliphatic heterocycles. The summed E-state index contributed by atoms with van der Waals surface area (Å²) < 4.78 is 12.4. The lowest BCUT2D eigenvalue weighted by Gasteiger charge is -2.34. The van der Waals surface area contributed by atoms with E-state index in [0.717, 1.165) is 0 Å². The fourth-order valence-corrected chi connectivity index (χ4v) is 4.05. The van der Waals surface area contributed by atoms with E-state index in [-0.39, 0.29) is 0 Å². The molecule has 0 bridgehead atoms. The molecule has 0 atom stereocenters. The van der Waals surface area contributed by atoms with Gasteiger partial charge in [0.25, 0.3) is 0 Å². The molecule has 0 amide bonds. The lowest BCUT2D eigenvalue weighted by Crippen LogP contribution is -2.59. The maximum atomic E-state index is 12.4. The van der Waals surface area contributed by atoms with Crippen molar-refractivity contribution in [2.45, 2.75) is 36.8 Å². The summed E-state index contributed by atoms with van der Waals surface area (Å²) in [4.78, 5) is 76.6. The van der Waals surface area contributed by atoms with Crippen molar-refractivity contribution >= 4 is 43.5 Å². The first-order chi connectivity index (χ1) is 13.0. The number of carboxylic acid groups (broad SMARTS) is 6. The molecule has 0 unspecified atom stereocenters. The Kier molecular flexibility index (Phi) is 8.42. The lowest BCUT2D eigenvalue weighted by molar-refractivity contribution is -0.155. The fraction of sp³-hybridized carbons (Fsp3) is 0.500. The molecule has 0 spiro atoms. The third kappa shape index (κ3) is 7.82. The van der Waals surface area contributed by atoms with Crippen LogP contribution in [0.1, 0.15) is 25.7 Å². The summed E-state index contributed by atoms with van der Waals surface area (Å²) in [6.07, 6.45) is -6.23. The minimum Gasteiger partial charge on any atom is -0.481 e. The lowest BCUT2D eigenvalue weighted by atomic mass is 9.92. The predicted molar refractivity (Wildman–Crippen MR) is 85.8 cm³/mol. The van der Waals surface area contributed by atoms with Crippen LogP contribution >= 0.6 is 7.67 Å². The molecule has 0 saturated carbocycles. The summed E-state index contributed by atoms with van der Waals surface area (Å²) in [6.45, 7) is 0. The second-order valence-electron chi connectivity index (χ2n) is 5.86. The van der Waals surface area contributed by atoms with Gasteiger partial charge in [0, 0.05) is 0 Å². The Morgan fingerprint density at radius 3 is 0.931 bits per heavy atom. The normalized spacial score (nSPS) is 12.2. The molecule has 0 aliphatic rings. The van der Waals surface area contributed by atoms with Gasteiger partial charge in [0.05, 0.1) is 25.7 Å². The Bertz CT molecular complexity index is 685. The summed E-state index contributed by atoms with van der Waals surface area (Å²) in [6, 6.07) is 0. The molecule has 0 heterocycles. The van der Waals surface area contributed by atoms with Crippen molar-refractivity contribution in [3.05, 3.63) is 0 Å². The standard InChI is InChI=1S/C12H17N2O14P/c15-5(16)1-11(9(23)24,2-6(17)18)13-29(27,28)14-12(10(25)26,3-7(19)20)4-8(21)22/h1-4H2,(H,15,16)(H,17,18)(H,19,20)(H,21,22)(H,23,24)(H,25,26)(H3,13,14,27,28). The minimum atomic E-state index is -5.58. The summed E-state index contributed by atoms with van der Waals surface area (Å²) in [7, 11) is -5.58. The van der Waals surface area contributed by atoms with Gasteiger partial charge in [-0.2, -0.15) is 0 Å². The highest BCUT2D eigenvalue weighted by molar-refractivity contribution is 7.53. The number of hydrogen-bond acceptors (Lipinski definition) is 7. The van der Waals surface area contributed by atoms with Crippen molar-refractivity contribution in [1.82, 2.24) is 10.2 Å². The molecule has 0 aromatic carbocycles. The van der Waals surface area contributed by atoms with E-state index in [1.165, 1.54) is 10.2 Å². The zero-order chi connectivity index (χ0) is 23.2. The van der Waals surface area contributed by atoms with E-state index in [1.807, 2.05) is 0 Å². The van der Waals surface area contributed by atoms with Crippen LogP contribution in [0, 0.1) is 0 Å². The Morgan fingerprint density at radius 2 is 0.793 bits per heavy atom. The summed E-state index contributed by atoms with van der Waals surface area (Å²) in [5, 5.41) is 56.4. The zero-order valence-electron chi connectivity index (χ0n) is 14.3. The van der Waals surface area contributed by atoms with E-state index in [9.17, 15) is 48.4 Å². The van der Waals surface area contributed by atoms with E-state index >= 15 is 0 Å². The van der Waals surface area contributed by atoms with Crippen LogP contribution in [0.25, 0.3) is 0 Å². The second-order valence-corrected chi connectivity index (χ2v) is 7.46. The number of hydrogen-bond donors (Lipinski definition) is 9. The first-order valence-corrected chi connectivity index (χ1v) is 8.88. The molecule has 9 N–H and O–H groups in total. The van der Waals surface area contributed by atoms with Crippen LogP contribution in [0.4, 0.5) is 0 Å². The Balaban J connectivity index is 6.27. The molecular weight excluding hydrogens is 427 g/mol. The van der Waals surface area contributed by atoms with Crippen LogP contribution in [0.5, 0.6) is 0 Å². The van der Waals surface area contributed by atoms with Gasteiger partial charge < -0.3 is 35.5 Å². The molecule has 0 saturated heterocycles. The number of carboxylic acids is 6. The fourth-order valence-electron chi connectivity index (χ4n) is 2.32. The van der Waals surface area contributed by atoms with Gasteiger partial charge in [0.15, 0.2) is 0 Å². The monoisotopic (exact) mass is 444 g/mol. The average molecular weight is 444 g/mol. The van der Waals surface area contributed by atoms with Crippen LogP contribution in [-0.4, -0.2) is 82.4 Å². The predicted octanol–water partition coefficient (Wildman–Crippen LogP) is -2.19. The summed E-state index contributed by atoms with van der Waals surface area (Å²) in [5.74, 6) is -12.1. The van der Waals surface area contributed by atoms with Gasteiger partial charge in [-0.15, -0.1) is 0 Å². The largest absolute Gasteiger partial charge is 0.481 e. The summed E-state index contributed by atoms with van der Waals surface area (Å²) >= 11 is 0. The van der Waals surface area contributed by atoms with E-state index in [4.69, 9.17) is 20.4 Å². The van der Waals surface area contributed by atoms with Crippen molar-refractivity contribution in [3.63, 3.8) is 0 Å². The van der Waals surface area contributed by atoms with Crippen molar-refractivity contribution in [2.75, 3.05) is 0 Å². The molecular formula is C12H17N2O14P. The van der Waals surface area contributed by atoms with Crippen molar-refractivity contribution < 1.29 is 68.9 Å². The first-order valence-electron chi connectivity index (χ1n) is 7.22. The highest BCUT2D eigenvalue weighted by Gasteiger charge is 2.52. The second kappa shape index (κ2) is 9.42. The number of nitrogens with one attached hydrogen (secondary N) is 2. The zero-order valence-corrected chi connectivity index (χ0v) is 15.2. The number of carbonyl (C=O) groups is 6. The SMILES string of the molecule is O=C(O)CC(CC(=O)O)(NP(=O)(O)NC(CC(=O)O)(CC(=O)O)C(=O)O)C(=O)O. The molecule has 17 heteroatoms. The Hall–Kier alpha value is -3.07. The van der Waals surface area contributed by atoms with Crippen molar-refractivity contribution in [2.24, 2.45) is 0 Å². The molecule has 0 aliphatic carbocycles. The Labute approximate surface area is 160 Å². The van der Waals surface area contributed by atoms with Crippen LogP contribution in [0.3, 0.4) is 0 Å². The third-order valence-electron chi connectivity index (χ3n) is 3.36. The van der Waals surface area contributed by atoms with Crippen LogP contribution in [0.2, 0.25) is 0 Å². The molecule has 0 aromatic heterocycles. The smallest absolute Gasteiger partial charge is 0.340 e. The van der Waals surface area contributed by atoms with Gasteiger partial charge >= 0.3 is 43.5 Å². The van der Waals surface area contributed by atoms with Crippen LogP contribution in [0.15, 0.2) is 0 Å². The topological polar surface area (TPSA) is 285 Å². The van der Waals surface area contributed by atoms with Crippen LogP contribution < -0.4 is 10.2 Å². The molecule has 16 nitrogen and oxygen atoms in total. The van der Waals surface area contributed by atoms with Gasteiger partial charge in [-0.05, 0) is 0 Å². The van der Waals surface area contributed by atoms with Crippen LogP contribution in [-0.2, 0) is 33.3 Å². The van der Waals surface area contributed by atoms with E-state index in [0.29, 0.717) is 0 Å². The molecule has 0 fully saturated rings. The molecule has 0 radical (unpaired) electrons. The summed E-state index contributed by atoms with van der Waals surface area (Å²) in [5.41, 5.74) is -6.27. The quantitative estimate of drug-likeness (QED) is 0.129. The highest BCUT2D eigenvalue weighted by Crippen LogP contribution is 2.40. The highest BCUT2D eigenvalue weighted by atomic mass is 31.2. The first kappa shape index (κ1) is 25.9. The van der Waals surface area contributed by atoms with Gasteiger partial charge in [-0.1, -0.05) is 0 Å². The van der Waals surface area contributed by atoms with Gasteiger partial charge in [0.2, 0.25) is 0 Å².